The van der Waals surface area contributed by atoms with Crippen molar-refractivity contribution in [2.24, 2.45) is 0 Å². The van der Waals surface area contributed by atoms with Crippen molar-refractivity contribution >= 4 is 18.3 Å². The fraction of sp³-hybridized carbons (Fsp3) is 0.480. The molecular weight excluding hydrogens is 380 g/mol. The molecule has 1 amide bonds. The Morgan fingerprint density at radius 3 is 1.90 bits per heavy atom. The lowest BCUT2D eigenvalue weighted by molar-refractivity contribution is -0.127. The van der Waals surface area contributed by atoms with Gasteiger partial charge in [-0.1, -0.05) is 79.9 Å². The number of benzene rings is 2. The molecule has 1 aliphatic rings. The molecule has 29 heavy (non-hydrogen) atoms. The minimum absolute atomic E-state index is 0. The zero-order valence-electron chi connectivity index (χ0n) is 17.9. The highest BCUT2D eigenvalue weighted by atomic mass is 35.5. The lowest BCUT2D eigenvalue weighted by Gasteiger charge is -2.39. The molecule has 0 saturated heterocycles. The van der Waals surface area contributed by atoms with Crippen LogP contribution in [-0.4, -0.2) is 37.0 Å². The van der Waals surface area contributed by atoms with Gasteiger partial charge in [-0.3, -0.25) is 4.79 Å². The van der Waals surface area contributed by atoms with Crippen LogP contribution in [0, 0.1) is 0 Å². The van der Waals surface area contributed by atoms with Gasteiger partial charge in [0.25, 0.3) is 0 Å². The number of nitrogens with zero attached hydrogens (tertiary/aromatic N) is 1. The summed E-state index contributed by atoms with van der Waals surface area (Å²) in [7, 11) is 4.18. The van der Waals surface area contributed by atoms with Crippen molar-refractivity contribution in [3.05, 3.63) is 71.8 Å². The van der Waals surface area contributed by atoms with Crippen molar-refractivity contribution in [2.75, 3.05) is 14.1 Å². The Hall–Kier alpha value is -1.84. The predicted octanol–water partition coefficient (Wildman–Crippen LogP) is 5.18. The summed E-state index contributed by atoms with van der Waals surface area (Å²) in [6, 6.07) is 21.2. The standard InChI is InChI=1S/C25H34N2O.ClH/c1-20(27(2)3)19-25(21-13-7-4-8-14-21,22-15-9-5-10-16-22)24(28)26-23-17-11-6-12-18-23;/h4-5,7-10,13-16,20,23H,6,11-12,17-19H2,1-3H3,(H,26,28);1H. The van der Waals surface area contributed by atoms with Crippen LogP contribution in [0.4, 0.5) is 0 Å². The van der Waals surface area contributed by atoms with Gasteiger partial charge in [0.15, 0.2) is 0 Å². The molecule has 1 N–H and O–H groups in total. The summed E-state index contributed by atoms with van der Waals surface area (Å²) in [5.41, 5.74) is 1.45. The highest BCUT2D eigenvalue weighted by Crippen LogP contribution is 2.38. The van der Waals surface area contributed by atoms with Crippen LogP contribution in [-0.2, 0) is 10.2 Å². The smallest absolute Gasteiger partial charge is 0.235 e. The maximum absolute atomic E-state index is 14.0. The van der Waals surface area contributed by atoms with E-state index >= 15 is 0 Å². The average Bonchev–Trinajstić information content (AvgIpc) is 2.73. The molecule has 0 aromatic heterocycles. The van der Waals surface area contributed by atoms with Crippen molar-refractivity contribution in [3.8, 4) is 0 Å². The molecule has 2 aromatic rings. The van der Waals surface area contributed by atoms with Crippen LogP contribution in [0.1, 0.15) is 56.6 Å². The van der Waals surface area contributed by atoms with Gasteiger partial charge in [-0.05, 0) is 51.4 Å². The van der Waals surface area contributed by atoms with Crippen molar-refractivity contribution in [3.63, 3.8) is 0 Å². The van der Waals surface area contributed by atoms with Gasteiger partial charge in [0.2, 0.25) is 5.91 Å². The van der Waals surface area contributed by atoms with E-state index in [-0.39, 0.29) is 24.4 Å². The Kier molecular flexibility index (Phi) is 8.73. The van der Waals surface area contributed by atoms with Crippen LogP contribution in [0.25, 0.3) is 0 Å². The molecule has 1 aliphatic carbocycles. The number of amides is 1. The largest absolute Gasteiger partial charge is 0.352 e. The molecule has 1 fully saturated rings. The van der Waals surface area contributed by atoms with Crippen LogP contribution in [0.3, 0.4) is 0 Å². The van der Waals surface area contributed by atoms with Crippen molar-refractivity contribution in [2.45, 2.75) is 62.9 Å². The fourth-order valence-electron chi connectivity index (χ4n) is 4.38. The van der Waals surface area contributed by atoms with E-state index in [0.717, 1.165) is 30.4 Å². The van der Waals surface area contributed by atoms with Gasteiger partial charge in [-0.25, -0.2) is 0 Å². The highest BCUT2D eigenvalue weighted by molar-refractivity contribution is 5.92. The van der Waals surface area contributed by atoms with Crippen LogP contribution in [0.5, 0.6) is 0 Å². The summed E-state index contributed by atoms with van der Waals surface area (Å²) in [4.78, 5) is 16.2. The zero-order valence-corrected chi connectivity index (χ0v) is 18.8. The number of carbonyl (C=O) groups excluding carboxylic acids is 1. The number of hydrogen-bond acceptors (Lipinski definition) is 2. The molecular formula is C25H35ClN2O. The Morgan fingerprint density at radius 2 is 1.45 bits per heavy atom. The van der Waals surface area contributed by atoms with Crippen LogP contribution >= 0.6 is 12.4 Å². The van der Waals surface area contributed by atoms with Crippen LogP contribution in [0.15, 0.2) is 60.7 Å². The lowest BCUT2D eigenvalue weighted by Crippen LogP contribution is -2.51. The summed E-state index contributed by atoms with van der Waals surface area (Å²) in [6.07, 6.45) is 6.63. The molecule has 3 nitrogen and oxygen atoms in total. The molecule has 4 heteroatoms. The predicted molar refractivity (Wildman–Crippen MR) is 124 cm³/mol. The molecule has 3 rings (SSSR count). The molecule has 1 unspecified atom stereocenters. The first kappa shape index (κ1) is 23.4. The average molecular weight is 415 g/mol. The van der Waals surface area contributed by atoms with Crippen molar-refractivity contribution < 1.29 is 4.79 Å². The minimum Gasteiger partial charge on any atom is -0.352 e. The maximum Gasteiger partial charge on any atom is 0.235 e. The first-order valence-corrected chi connectivity index (χ1v) is 10.6. The number of carbonyl (C=O) groups is 1. The molecule has 158 valence electrons. The third kappa shape index (κ3) is 5.40. The van der Waals surface area contributed by atoms with Gasteiger partial charge in [-0.2, -0.15) is 0 Å². The van der Waals surface area contributed by atoms with E-state index in [1.54, 1.807) is 0 Å². The van der Waals surface area contributed by atoms with Gasteiger partial charge in [0.05, 0.1) is 0 Å². The number of halogens is 1. The van der Waals surface area contributed by atoms with E-state index < -0.39 is 5.41 Å². The first-order valence-electron chi connectivity index (χ1n) is 10.6. The molecule has 0 bridgehead atoms. The summed E-state index contributed by atoms with van der Waals surface area (Å²) in [5.74, 6) is 0.144. The van der Waals surface area contributed by atoms with E-state index in [1.807, 2.05) is 36.4 Å². The van der Waals surface area contributed by atoms with Crippen LogP contribution in [0.2, 0.25) is 0 Å². The SMILES string of the molecule is CC(CC(C(=O)NC1CCCCC1)(c1ccccc1)c1ccccc1)N(C)C.Cl. The number of nitrogens with one attached hydrogen (secondary N) is 1. The Morgan fingerprint density at radius 1 is 0.966 bits per heavy atom. The lowest BCUT2D eigenvalue weighted by atomic mass is 9.69. The van der Waals surface area contributed by atoms with Gasteiger partial charge < -0.3 is 10.2 Å². The Balaban J connectivity index is 0.00000300. The topological polar surface area (TPSA) is 32.3 Å². The van der Waals surface area contributed by atoms with E-state index in [0.29, 0.717) is 6.04 Å². The normalized spacial score (nSPS) is 16.1. The second-order valence-electron chi connectivity index (χ2n) is 8.46. The van der Waals surface area contributed by atoms with Gasteiger partial charge in [0, 0.05) is 12.1 Å². The third-order valence-corrected chi connectivity index (χ3v) is 6.34. The maximum atomic E-state index is 14.0. The summed E-state index contributed by atoms with van der Waals surface area (Å²) in [5, 5.41) is 3.44. The Labute approximate surface area is 182 Å². The zero-order chi connectivity index (χ0) is 20.0. The molecule has 2 aromatic carbocycles. The fourth-order valence-corrected chi connectivity index (χ4v) is 4.38. The second kappa shape index (κ2) is 10.8. The van der Waals surface area contributed by atoms with E-state index in [9.17, 15) is 4.79 Å². The van der Waals surface area contributed by atoms with Gasteiger partial charge in [0.1, 0.15) is 5.41 Å². The highest BCUT2D eigenvalue weighted by Gasteiger charge is 2.44. The van der Waals surface area contributed by atoms with Crippen molar-refractivity contribution in [1.82, 2.24) is 10.2 Å². The van der Waals surface area contributed by atoms with Gasteiger partial charge in [-0.15, -0.1) is 12.4 Å². The summed E-state index contributed by atoms with van der Waals surface area (Å²) in [6.45, 7) is 2.20. The number of rotatable bonds is 7. The quantitative estimate of drug-likeness (QED) is 0.676. The third-order valence-electron chi connectivity index (χ3n) is 6.34. The van der Waals surface area contributed by atoms with E-state index in [2.05, 4.69) is 55.5 Å². The molecule has 1 saturated carbocycles. The van der Waals surface area contributed by atoms with Crippen LogP contribution < -0.4 is 5.32 Å². The molecule has 0 radical (unpaired) electrons. The number of hydrogen-bond donors (Lipinski definition) is 1. The summed E-state index contributed by atoms with van der Waals surface area (Å²) >= 11 is 0. The van der Waals surface area contributed by atoms with E-state index in [4.69, 9.17) is 0 Å². The molecule has 0 heterocycles. The molecule has 1 atom stereocenters. The monoisotopic (exact) mass is 414 g/mol. The summed E-state index contributed by atoms with van der Waals surface area (Å²) < 4.78 is 0. The first-order chi connectivity index (χ1) is 13.5. The minimum atomic E-state index is -0.691. The second-order valence-corrected chi connectivity index (χ2v) is 8.46. The molecule has 0 aliphatic heterocycles. The van der Waals surface area contributed by atoms with E-state index in [1.165, 1.54) is 19.3 Å². The Bertz CT molecular complexity index is 702. The van der Waals surface area contributed by atoms with Crippen molar-refractivity contribution in [1.29, 1.82) is 0 Å². The van der Waals surface area contributed by atoms with Gasteiger partial charge >= 0.3 is 0 Å². The molecule has 0 spiro atoms.